The lowest BCUT2D eigenvalue weighted by Gasteiger charge is -2.22. The molecule has 0 aliphatic heterocycles. The summed E-state index contributed by atoms with van der Waals surface area (Å²) in [6.07, 6.45) is 1.93. The Kier molecular flexibility index (Phi) is 5.58. The molecule has 0 aliphatic rings. The van der Waals surface area contributed by atoms with Crippen LogP contribution < -0.4 is 5.32 Å². The third-order valence-corrected chi connectivity index (χ3v) is 3.38. The van der Waals surface area contributed by atoms with E-state index in [-0.39, 0.29) is 5.69 Å². The SMILES string of the molecule is CSCC(C)(O)CNCc1ccccc1[N+](=O)[O-]. The first kappa shape index (κ1) is 14.9. The fraction of sp³-hybridized carbons (Fsp3) is 0.500. The first-order valence-corrected chi connectivity index (χ1v) is 7.00. The second-order valence-corrected chi connectivity index (χ2v) is 5.29. The van der Waals surface area contributed by atoms with Crippen LogP contribution in [0.25, 0.3) is 0 Å². The Hall–Kier alpha value is -1.11. The first-order valence-electron chi connectivity index (χ1n) is 5.60. The van der Waals surface area contributed by atoms with Gasteiger partial charge in [-0.3, -0.25) is 10.1 Å². The van der Waals surface area contributed by atoms with E-state index in [1.165, 1.54) is 6.07 Å². The fourth-order valence-corrected chi connectivity index (χ4v) is 2.39. The molecule has 1 atom stereocenters. The van der Waals surface area contributed by atoms with Gasteiger partial charge in [0, 0.05) is 30.5 Å². The largest absolute Gasteiger partial charge is 0.388 e. The Morgan fingerprint density at radius 2 is 2.17 bits per heavy atom. The smallest absolute Gasteiger partial charge is 0.273 e. The van der Waals surface area contributed by atoms with Crippen LogP contribution in [0, 0.1) is 10.1 Å². The normalized spacial score (nSPS) is 14.2. The van der Waals surface area contributed by atoms with E-state index in [4.69, 9.17) is 0 Å². The van der Waals surface area contributed by atoms with Crippen LogP contribution in [-0.2, 0) is 6.54 Å². The van der Waals surface area contributed by atoms with Crippen LogP contribution in [0.15, 0.2) is 24.3 Å². The Labute approximate surface area is 111 Å². The van der Waals surface area contributed by atoms with Gasteiger partial charge in [0.2, 0.25) is 0 Å². The second kappa shape index (κ2) is 6.72. The molecule has 6 heteroatoms. The summed E-state index contributed by atoms with van der Waals surface area (Å²) in [7, 11) is 0. The maximum absolute atomic E-state index is 10.8. The zero-order valence-electron chi connectivity index (χ0n) is 10.5. The number of para-hydroxylation sites is 1. The molecule has 0 heterocycles. The fourth-order valence-electron chi connectivity index (χ4n) is 1.67. The van der Waals surface area contributed by atoms with Crippen LogP contribution in [-0.4, -0.2) is 34.2 Å². The summed E-state index contributed by atoms with van der Waals surface area (Å²) in [6.45, 7) is 2.53. The number of nitrogens with one attached hydrogen (secondary N) is 1. The van der Waals surface area contributed by atoms with Gasteiger partial charge in [0.15, 0.2) is 0 Å². The molecule has 0 saturated heterocycles. The van der Waals surface area contributed by atoms with Gasteiger partial charge >= 0.3 is 0 Å². The number of aliphatic hydroxyl groups is 1. The van der Waals surface area contributed by atoms with Gasteiger partial charge < -0.3 is 10.4 Å². The molecule has 2 N–H and O–H groups in total. The number of benzene rings is 1. The quantitative estimate of drug-likeness (QED) is 0.583. The monoisotopic (exact) mass is 270 g/mol. The summed E-state index contributed by atoms with van der Waals surface area (Å²) in [5.74, 6) is 0.622. The molecule has 1 aromatic rings. The zero-order chi connectivity index (χ0) is 13.6. The average Bonchev–Trinajstić information content (AvgIpc) is 2.29. The second-order valence-electron chi connectivity index (χ2n) is 4.42. The van der Waals surface area contributed by atoms with Crippen LogP contribution in [0.4, 0.5) is 5.69 Å². The number of nitro benzene ring substituents is 1. The van der Waals surface area contributed by atoms with Gasteiger partial charge in [-0.2, -0.15) is 11.8 Å². The molecular weight excluding hydrogens is 252 g/mol. The van der Waals surface area contributed by atoms with E-state index in [2.05, 4.69) is 5.32 Å². The lowest BCUT2D eigenvalue weighted by atomic mass is 10.1. The molecule has 0 aliphatic carbocycles. The van der Waals surface area contributed by atoms with E-state index in [9.17, 15) is 15.2 Å². The van der Waals surface area contributed by atoms with Gasteiger partial charge in [-0.05, 0) is 13.2 Å². The summed E-state index contributed by atoms with van der Waals surface area (Å²) in [6, 6.07) is 6.61. The molecule has 5 nitrogen and oxygen atoms in total. The van der Waals surface area contributed by atoms with Crippen molar-refractivity contribution in [2.75, 3.05) is 18.6 Å². The van der Waals surface area contributed by atoms with Crippen molar-refractivity contribution in [1.82, 2.24) is 5.32 Å². The Balaban J connectivity index is 2.56. The maximum atomic E-state index is 10.8. The lowest BCUT2D eigenvalue weighted by Crippen LogP contribution is -2.39. The Bertz CT molecular complexity index is 410. The van der Waals surface area contributed by atoms with E-state index in [1.807, 2.05) is 6.26 Å². The summed E-state index contributed by atoms with van der Waals surface area (Å²) in [5, 5.41) is 23.8. The third kappa shape index (κ3) is 4.64. The van der Waals surface area contributed by atoms with Crippen molar-refractivity contribution < 1.29 is 10.0 Å². The molecule has 0 amide bonds. The van der Waals surface area contributed by atoms with Crippen molar-refractivity contribution in [3.05, 3.63) is 39.9 Å². The number of hydrogen-bond acceptors (Lipinski definition) is 5. The molecule has 1 rings (SSSR count). The standard InChI is InChI=1S/C12H18N2O3S/c1-12(15,9-18-2)8-13-7-10-5-3-4-6-11(10)14(16)17/h3-6,13,15H,7-9H2,1-2H3. The molecule has 0 saturated carbocycles. The number of rotatable bonds is 7. The molecular formula is C12H18N2O3S. The molecule has 0 radical (unpaired) electrons. The summed E-state index contributed by atoms with van der Waals surface area (Å²) in [4.78, 5) is 10.4. The highest BCUT2D eigenvalue weighted by molar-refractivity contribution is 7.98. The van der Waals surface area contributed by atoms with Crippen LogP contribution in [0.2, 0.25) is 0 Å². The Morgan fingerprint density at radius 1 is 1.50 bits per heavy atom. The molecule has 100 valence electrons. The number of nitrogens with zero attached hydrogens (tertiary/aromatic N) is 1. The zero-order valence-corrected chi connectivity index (χ0v) is 11.4. The number of hydrogen-bond donors (Lipinski definition) is 2. The van der Waals surface area contributed by atoms with Crippen LogP contribution in [0.5, 0.6) is 0 Å². The van der Waals surface area contributed by atoms with Crippen molar-refractivity contribution in [2.45, 2.75) is 19.1 Å². The van der Waals surface area contributed by atoms with E-state index >= 15 is 0 Å². The Morgan fingerprint density at radius 3 is 2.78 bits per heavy atom. The topological polar surface area (TPSA) is 75.4 Å². The summed E-state index contributed by atoms with van der Waals surface area (Å²) < 4.78 is 0. The van der Waals surface area contributed by atoms with Crippen molar-refractivity contribution in [3.8, 4) is 0 Å². The number of thioether (sulfide) groups is 1. The molecule has 18 heavy (non-hydrogen) atoms. The molecule has 0 spiro atoms. The van der Waals surface area contributed by atoms with Crippen LogP contribution in [0.1, 0.15) is 12.5 Å². The average molecular weight is 270 g/mol. The molecule has 0 aromatic heterocycles. The predicted molar refractivity (Wildman–Crippen MR) is 73.8 cm³/mol. The summed E-state index contributed by atoms with van der Waals surface area (Å²) in [5.41, 5.74) is -0.0693. The highest BCUT2D eigenvalue weighted by atomic mass is 32.2. The van der Waals surface area contributed by atoms with Gasteiger partial charge in [0.25, 0.3) is 5.69 Å². The number of nitro groups is 1. The molecule has 0 fully saturated rings. The van der Waals surface area contributed by atoms with Crippen LogP contribution >= 0.6 is 11.8 Å². The van der Waals surface area contributed by atoms with Gasteiger partial charge in [-0.25, -0.2) is 0 Å². The van der Waals surface area contributed by atoms with Gasteiger partial charge in [-0.15, -0.1) is 0 Å². The minimum atomic E-state index is -0.803. The molecule has 0 bridgehead atoms. The minimum Gasteiger partial charge on any atom is -0.388 e. The predicted octanol–water partition coefficient (Wildman–Crippen LogP) is 1.80. The van der Waals surface area contributed by atoms with Crippen LogP contribution in [0.3, 0.4) is 0 Å². The van der Waals surface area contributed by atoms with E-state index < -0.39 is 10.5 Å². The maximum Gasteiger partial charge on any atom is 0.273 e. The van der Waals surface area contributed by atoms with E-state index in [0.29, 0.717) is 24.4 Å². The third-order valence-electron chi connectivity index (χ3n) is 2.46. The van der Waals surface area contributed by atoms with Crippen molar-refractivity contribution in [1.29, 1.82) is 0 Å². The molecule has 1 aromatic carbocycles. The first-order chi connectivity index (χ1) is 8.46. The van der Waals surface area contributed by atoms with Crippen molar-refractivity contribution in [3.63, 3.8) is 0 Å². The van der Waals surface area contributed by atoms with E-state index in [1.54, 1.807) is 36.9 Å². The summed E-state index contributed by atoms with van der Waals surface area (Å²) >= 11 is 1.56. The molecule has 1 unspecified atom stereocenters. The lowest BCUT2D eigenvalue weighted by molar-refractivity contribution is -0.385. The van der Waals surface area contributed by atoms with Gasteiger partial charge in [0.05, 0.1) is 10.5 Å². The minimum absolute atomic E-state index is 0.106. The highest BCUT2D eigenvalue weighted by Crippen LogP contribution is 2.17. The van der Waals surface area contributed by atoms with E-state index in [0.717, 1.165) is 0 Å². The van der Waals surface area contributed by atoms with Crippen molar-refractivity contribution >= 4 is 17.4 Å². The van der Waals surface area contributed by atoms with Gasteiger partial charge in [0.1, 0.15) is 0 Å². The highest BCUT2D eigenvalue weighted by Gasteiger charge is 2.19. The van der Waals surface area contributed by atoms with Crippen molar-refractivity contribution in [2.24, 2.45) is 0 Å². The van der Waals surface area contributed by atoms with Gasteiger partial charge in [-0.1, -0.05) is 18.2 Å².